The summed E-state index contributed by atoms with van der Waals surface area (Å²) in [6, 6.07) is 9.97. The predicted molar refractivity (Wildman–Crippen MR) is 68.4 cm³/mol. The number of hydrogen-bond acceptors (Lipinski definition) is 3. The number of hydrogen-bond donors (Lipinski definition) is 0. The largest absolute Gasteiger partial charge is 0.492 e. The maximum atomic E-state index is 5.70. The van der Waals surface area contributed by atoms with Crippen molar-refractivity contribution < 1.29 is 9.47 Å². The van der Waals surface area contributed by atoms with Gasteiger partial charge in [0.15, 0.2) is 0 Å². The lowest BCUT2D eigenvalue weighted by Crippen LogP contribution is -2.46. The van der Waals surface area contributed by atoms with Gasteiger partial charge in [0.05, 0.1) is 12.2 Å². The molecule has 1 heterocycles. The van der Waals surface area contributed by atoms with Crippen molar-refractivity contribution in [2.75, 3.05) is 26.2 Å². The van der Waals surface area contributed by atoms with Gasteiger partial charge in [-0.05, 0) is 26.0 Å². The Bertz CT molecular complexity index is 318. The molecule has 0 aromatic heterocycles. The average molecular weight is 235 g/mol. The summed E-state index contributed by atoms with van der Waals surface area (Å²) < 4.78 is 11.4. The summed E-state index contributed by atoms with van der Waals surface area (Å²) in [4.78, 5) is 2.40. The Balaban J connectivity index is 1.71. The average Bonchev–Trinajstić information content (AvgIpc) is 2.29. The molecule has 0 N–H and O–H groups in total. The Morgan fingerprint density at radius 2 is 1.82 bits per heavy atom. The number of nitrogens with zero attached hydrogens (tertiary/aromatic N) is 1. The van der Waals surface area contributed by atoms with Crippen molar-refractivity contribution in [3.8, 4) is 5.75 Å². The lowest BCUT2D eigenvalue weighted by Gasteiger charge is -2.35. The molecule has 0 saturated carbocycles. The van der Waals surface area contributed by atoms with E-state index in [0.717, 1.165) is 32.0 Å². The summed E-state index contributed by atoms with van der Waals surface area (Å²) >= 11 is 0. The van der Waals surface area contributed by atoms with Gasteiger partial charge in [-0.2, -0.15) is 0 Å². The van der Waals surface area contributed by atoms with Gasteiger partial charge in [0, 0.05) is 19.6 Å². The molecule has 1 aromatic carbocycles. The van der Waals surface area contributed by atoms with Gasteiger partial charge >= 0.3 is 0 Å². The summed E-state index contributed by atoms with van der Waals surface area (Å²) in [6.45, 7) is 7.96. The summed E-state index contributed by atoms with van der Waals surface area (Å²) in [5.74, 6) is 0.946. The van der Waals surface area contributed by atoms with Crippen LogP contribution in [-0.4, -0.2) is 43.3 Å². The van der Waals surface area contributed by atoms with Crippen LogP contribution in [0, 0.1) is 0 Å². The lowest BCUT2D eigenvalue weighted by molar-refractivity contribution is -0.0699. The molecule has 0 bridgehead atoms. The number of morpholine rings is 1. The smallest absolute Gasteiger partial charge is 0.119 e. The summed E-state index contributed by atoms with van der Waals surface area (Å²) in [5, 5.41) is 0. The van der Waals surface area contributed by atoms with Crippen LogP contribution >= 0.6 is 0 Å². The van der Waals surface area contributed by atoms with Gasteiger partial charge in [0.2, 0.25) is 0 Å². The van der Waals surface area contributed by atoms with Crippen molar-refractivity contribution in [3.05, 3.63) is 30.3 Å². The summed E-state index contributed by atoms with van der Waals surface area (Å²) in [5.41, 5.74) is 0. The van der Waals surface area contributed by atoms with Gasteiger partial charge in [0.1, 0.15) is 12.4 Å². The minimum atomic E-state index is 0.329. The highest BCUT2D eigenvalue weighted by Gasteiger charge is 2.21. The molecule has 0 unspecified atom stereocenters. The monoisotopic (exact) mass is 235 g/mol. The Labute approximate surface area is 103 Å². The number of rotatable bonds is 4. The zero-order chi connectivity index (χ0) is 12.1. The van der Waals surface area contributed by atoms with Crippen LogP contribution < -0.4 is 4.74 Å². The Morgan fingerprint density at radius 3 is 2.47 bits per heavy atom. The zero-order valence-electron chi connectivity index (χ0n) is 10.6. The van der Waals surface area contributed by atoms with Crippen LogP contribution in [0.25, 0.3) is 0 Å². The molecule has 2 atom stereocenters. The van der Waals surface area contributed by atoms with E-state index in [1.807, 2.05) is 30.3 Å². The van der Waals surface area contributed by atoms with Crippen molar-refractivity contribution in [1.29, 1.82) is 0 Å². The van der Waals surface area contributed by atoms with E-state index in [9.17, 15) is 0 Å². The first kappa shape index (κ1) is 12.4. The van der Waals surface area contributed by atoms with Crippen LogP contribution in [0.3, 0.4) is 0 Å². The fraction of sp³-hybridized carbons (Fsp3) is 0.571. The fourth-order valence-electron chi connectivity index (χ4n) is 2.28. The molecule has 1 saturated heterocycles. The normalized spacial score (nSPS) is 25.8. The second-order valence-corrected chi connectivity index (χ2v) is 4.68. The number of ether oxygens (including phenoxy) is 2. The fourth-order valence-corrected chi connectivity index (χ4v) is 2.28. The topological polar surface area (TPSA) is 21.7 Å². The Kier molecular flexibility index (Phi) is 4.40. The second kappa shape index (κ2) is 6.03. The molecule has 2 rings (SSSR count). The number of para-hydroxylation sites is 1. The number of benzene rings is 1. The van der Waals surface area contributed by atoms with E-state index < -0.39 is 0 Å². The van der Waals surface area contributed by atoms with Gasteiger partial charge in [0.25, 0.3) is 0 Å². The maximum Gasteiger partial charge on any atom is 0.119 e. The van der Waals surface area contributed by atoms with E-state index >= 15 is 0 Å². The molecule has 0 spiro atoms. The first-order valence-electron chi connectivity index (χ1n) is 6.29. The molecule has 1 aliphatic rings. The van der Waals surface area contributed by atoms with Gasteiger partial charge in [-0.25, -0.2) is 0 Å². The molecule has 17 heavy (non-hydrogen) atoms. The highest BCUT2D eigenvalue weighted by atomic mass is 16.5. The molecule has 0 amide bonds. The molecule has 1 fully saturated rings. The standard InChI is InChI=1S/C14H21NO2/c1-12-10-15(11-13(2)17-12)8-9-16-14-6-4-3-5-7-14/h3-7,12-13H,8-11H2,1-2H3/t12-,13-/m0/s1. The van der Waals surface area contributed by atoms with Crippen LogP contribution in [0.4, 0.5) is 0 Å². The second-order valence-electron chi connectivity index (χ2n) is 4.68. The van der Waals surface area contributed by atoms with Crippen molar-refractivity contribution in [3.63, 3.8) is 0 Å². The third-order valence-electron chi connectivity index (χ3n) is 2.91. The van der Waals surface area contributed by atoms with Crippen LogP contribution in [-0.2, 0) is 4.74 Å². The SMILES string of the molecule is C[C@H]1CN(CCOc2ccccc2)C[C@H](C)O1. The Morgan fingerprint density at radius 1 is 1.18 bits per heavy atom. The van der Waals surface area contributed by atoms with Crippen molar-refractivity contribution in [2.24, 2.45) is 0 Å². The van der Waals surface area contributed by atoms with E-state index in [4.69, 9.17) is 9.47 Å². The predicted octanol–water partition coefficient (Wildman–Crippen LogP) is 2.17. The van der Waals surface area contributed by atoms with E-state index in [0.29, 0.717) is 12.2 Å². The van der Waals surface area contributed by atoms with Crippen molar-refractivity contribution in [1.82, 2.24) is 4.90 Å². The van der Waals surface area contributed by atoms with Crippen molar-refractivity contribution in [2.45, 2.75) is 26.1 Å². The summed E-state index contributed by atoms with van der Waals surface area (Å²) in [7, 11) is 0. The molecule has 3 nitrogen and oxygen atoms in total. The zero-order valence-corrected chi connectivity index (χ0v) is 10.6. The third-order valence-corrected chi connectivity index (χ3v) is 2.91. The van der Waals surface area contributed by atoms with Gasteiger partial charge in [-0.1, -0.05) is 18.2 Å². The highest BCUT2D eigenvalue weighted by Crippen LogP contribution is 2.11. The molecular formula is C14H21NO2. The van der Waals surface area contributed by atoms with Crippen molar-refractivity contribution >= 4 is 0 Å². The van der Waals surface area contributed by atoms with Crippen LogP contribution in [0.15, 0.2) is 30.3 Å². The maximum absolute atomic E-state index is 5.70. The van der Waals surface area contributed by atoms with Crippen LogP contribution in [0.5, 0.6) is 5.75 Å². The molecule has 94 valence electrons. The highest BCUT2D eigenvalue weighted by molar-refractivity contribution is 5.20. The van der Waals surface area contributed by atoms with Crippen LogP contribution in [0.1, 0.15) is 13.8 Å². The minimum absolute atomic E-state index is 0.329. The van der Waals surface area contributed by atoms with E-state index in [2.05, 4.69) is 18.7 Å². The van der Waals surface area contributed by atoms with Gasteiger partial charge in [-0.3, -0.25) is 4.90 Å². The third kappa shape index (κ3) is 4.02. The first-order chi connectivity index (χ1) is 8.24. The molecule has 0 radical (unpaired) electrons. The minimum Gasteiger partial charge on any atom is -0.492 e. The molecule has 3 heteroatoms. The lowest BCUT2D eigenvalue weighted by atomic mass is 10.2. The molecule has 1 aromatic rings. The van der Waals surface area contributed by atoms with Gasteiger partial charge in [-0.15, -0.1) is 0 Å². The van der Waals surface area contributed by atoms with Gasteiger partial charge < -0.3 is 9.47 Å². The molecular weight excluding hydrogens is 214 g/mol. The summed E-state index contributed by atoms with van der Waals surface area (Å²) in [6.07, 6.45) is 0.658. The van der Waals surface area contributed by atoms with E-state index in [1.165, 1.54) is 0 Å². The van der Waals surface area contributed by atoms with Crippen LogP contribution in [0.2, 0.25) is 0 Å². The molecule has 0 aliphatic carbocycles. The first-order valence-corrected chi connectivity index (χ1v) is 6.29. The molecule has 1 aliphatic heterocycles. The van der Waals surface area contributed by atoms with E-state index in [-0.39, 0.29) is 0 Å². The quantitative estimate of drug-likeness (QED) is 0.798. The van der Waals surface area contributed by atoms with E-state index in [1.54, 1.807) is 0 Å². The Hall–Kier alpha value is -1.06.